The van der Waals surface area contributed by atoms with Crippen molar-refractivity contribution < 1.29 is 0 Å². The summed E-state index contributed by atoms with van der Waals surface area (Å²) in [5.41, 5.74) is 18.5. The second-order valence-corrected chi connectivity index (χ2v) is 12.9. The van der Waals surface area contributed by atoms with Gasteiger partial charge < -0.3 is 20.6 Å². The number of fused-ring (bicyclic) bond motifs is 2. The van der Waals surface area contributed by atoms with Crippen LogP contribution in [-0.2, 0) is 24.9 Å². The first-order valence-corrected chi connectivity index (χ1v) is 16.7. The number of nitrogen functional groups attached to an aromatic ring is 2. The number of pyridine rings is 2. The number of hydrogen-bond acceptors (Lipinski definition) is 6. The number of aryl methyl sites for hydroxylation is 1. The van der Waals surface area contributed by atoms with Crippen LogP contribution in [0.1, 0.15) is 56.9 Å². The van der Waals surface area contributed by atoms with Crippen LogP contribution in [0.5, 0.6) is 0 Å². The lowest BCUT2D eigenvalue weighted by Crippen LogP contribution is -2.32. The van der Waals surface area contributed by atoms with E-state index in [1.54, 1.807) is 12.2 Å². The molecular formula is C41H44N8. The summed E-state index contributed by atoms with van der Waals surface area (Å²) < 4.78 is 4.61. The van der Waals surface area contributed by atoms with Gasteiger partial charge in [-0.15, -0.1) is 0 Å². The van der Waals surface area contributed by atoms with Gasteiger partial charge in [-0.25, -0.2) is 19.9 Å². The maximum absolute atomic E-state index is 6.61. The van der Waals surface area contributed by atoms with Crippen LogP contribution in [0.2, 0.25) is 0 Å². The molecule has 0 aliphatic carbocycles. The van der Waals surface area contributed by atoms with Gasteiger partial charge in [0.05, 0.1) is 21.7 Å². The van der Waals surface area contributed by atoms with Crippen LogP contribution >= 0.6 is 0 Å². The van der Waals surface area contributed by atoms with Gasteiger partial charge in [-0.2, -0.15) is 0 Å². The van der Waals surface area contributed by atoms with Crippen molar-refractivity contribution >= 4 is 58.0 Å². The highest BCUT2D eigenvalue weighted by molar-refractivity contribution is 5.87. The van der Waals surface area contributed by atoms with Crippen molar-refractivity contribution in [2.45, 2.75) is 59.0 Å². The zero-order valence-electron chi connectivity index (χ0n) is 28.8. The summed E-state index contributed by atoms with van der Waals surface area (Å²) in [5, 5.41) is 3.53. The number of hydrogen-bond donors (Lipinski definition) is 2. The second kappa shape index (κ2) is 13.8. The highest BCUT2D eigenvalue weighted by Gasteiger charge is 2.30. The van der Waals surface area contributed by atoms with E-state index in [9.17, 15) is 0 Å². The summed E-state index contributed by atoms with van der Waals surface area (Å²) in [7, 11) is 0. The molecule has 4 heterocycles. The van der Waals surface area contributed by atoms with Gasteiger partial charge in [0.15, 0.2) is 11.6 Å². The molecule has 0 unspecified atom stereocenters. The average molecular weight is 649 g/mol. The molecule has 0 aliphatic rings. The molecule has 0 atom stereocenters. The molecule has 49 heavy (non-hydrogen) atoms. The lowest BCUT2D eigenvalue weighted by molar-refractivity contribution is 0.426. The standard InChI is InChI=1S/C41H44N8/c1-7-17-31-29(9-3)36-34(38(42)44-31)46-33(48(36)25-27-19-13-11-14-20-27)23-24-41(5,6)40-47-35-37(49(40)26-28-21-15-12-16-22-28)30(10-4)32(18-8-2)45-39(35)43/h7-22H,1-2,23-26H2,3-6H3,(H2,42,44)(H2,43,45)/b29-9+,30-10+,31-17+,32-18+. The Labute approximate surface area is 286 Å². The number of benzene rings is 2. The molecule has 0 saturated heterocycles. The summed E-state index contributed by atoms with van der Waals surface area (Å²) in [6.07, 6.45) is 12.9. The SMILES string of the molecule is C=C/C=c1/nc(N)c2nc(CCC(C)(C)c3nc4c(N)nc(=C/C=C)/c(=C\C)c4n3Cc3ccccc3)n(Cc3ccccc3)c2/c1=C/C. The number of imidazole rings is 2. The molecule has 248 valence electrons. The van der Waals surface area contributed by atoms with Gasteiger partial charge in [-0.1, -0.05) is 112 Å². The summed E-state index contributed by atoms with van der Waals surface area (Å²) in [6, 6.07) is 20.9. The van der Waals surface area contributed by atoms with Crippen LogP contribution in [0, 0.1) is 0 Å². The van der Waals surface area contributed by atoms with Gasteiger partial charge in [0.1, 0.15) is 22.7 Å². The van der Waals surface area contributed by atoms with E-state index < -0.39 is 0 Å². The van der Waals surface area contributed by atoms with E-state index in [0.29, 0.717) is 42.2 Å². The Bertz CT molecular complexity index is 2430. The Morgan fingerprint density at radius 3 is 1.63 bits per heavy atom. The minimum atomic E-state index is -0.380. The quantitative estimate of drug-likeness (QED) is 0.219. The summed E-state index contributed by atoms with van der Waals surface area (Å²) in [5.74, 6) is 2.69. The van der Waals surface area contributed by atoms with Crippen LogP contribution in [0.15, 0.2) is 86.0 Å². The second-order valence-electron chi connectivity index (χ2n) is 12.9. The van der Waals surface area contributed by atoms with E-state index in [1.165, 1.54) is 11.1 Å². The molecule has 6 aromatic rings. The van der Waals surface area contributed by atoms with E-state index >= 15 is 0 Å². The molecule has 8 heteroatoms. The third kappa shape index (κ3) is 6.29. The number of allylic oxidation sites excluding steroid dienone is 2. The Morgan fingerprint density at radius 1 is 0.673 bits per heavy atom. The molecule has 4 N–H and O–H groups in total. The van der Waals surface area contributed by atoms with Crippen LogP contribution in [0.4, 0.5) is 11.6 Å². The minimum absolute atomic E-state index is 0.380. The first-order valence-electron chi connectivity index (χ1n) is 16.7. The third-order valence-electron chi connectivity index (χ3n) is 9.12. The number of nitrogens with two attached hydrogens (primary N) is 2. The molecule has 0 aliphatic heterocycles. The molecule has 0 radical (unpaired) electrons. The van der Waals surface area contributed by atoms with Crippen LogP contribution < -0.4 is 32.6 Å². The summed E-state index contributed by atoms with van der Waals surface area (Å²) in [6.45, 7) is 17.6. The van der Waals surface area contributed by atoms with Crippen molar-refractivity contribution in [2.24, 2.45) is 0 Å². The zero-order chi connectivity index (χ0) is 34.7. The van der Waals surface area contributed by atoms with Crippen LogP contribution in [0.3, 0.4) is 0 Å². The predicted octanol–water partition coefficient (Wildman–Crippen LogP) is 4.88. The number of anilines is 2. The molecule has 0 saturated carbocycles. The topological polar surface area (TPSA) is 113 Å². The van der Waals surface area contributed by atoms with E-state index in [0.717, 1.165) is 50.2 Å². The Balaban J connectivity index is 1.52. The maximum atomic E-state index is 6.61. The smallest absolute Gasteiger partial charge is 0.152 e. The van der Waals surface area contributed by atoms with Gasteiger partial charge in [-0.05, 0) is 43.5 Å². The Morgan fingerprint density at radius 2 is 1.14 bits per heavy atom. The maximum Gasteiger partial charge on any atom is 0.152 e. The molecule has 8 nitrogen and oxygen atoms in total. The minimum Gasteiger partial charge on any atom is -0.382 e. The number of rotatable bonds is 10. The first-order chi connectivity index (χ1) is 23.7. The van der Waals surface area contributed by atoms with Crippen LogP contribution in [0.25, 0.3) is 46.4 Å². The molecule has 0 fully saturated rings. The van der Waals surface area contributed by atoms with Crippen LogP contribution in [-0.4, -0.2) is 29.1 Å². The largest absolute Gasteiger partial charge is 0.382 e. The molecule has 6 rings (SSSR count). The zero-order valence-corrected chi connectivity index (χ0v) is 28.8. The molecular weight excluding hydrogens is 605 g/mol. The van der Waals surface area contributed by atoms with Crippen molar-refractivity contribution in [3.05, 3.63) is 130 Å². The van der Waals surface area contributed by atoms with Crippen molar-refractivity contribution in [2.75, 3.05) is 11.5 Å². The average Bonchev–Trinajstić information content (AvgIpc) is 3.66. The lowest BCUT2D eigenvalue weighted by Gasteiger charge is -2.26. The molecule has 4 aromatic heterocycles. The van der Waals surface area contributed by atoms with E-state index in [4.69, 9.17) is 31.4 Å². The van der Waals surface area contributed by atoms with E-state index in [1.807, 2.05) is 38.1 Å². The Kier molecular flexibility index (Phi) is 9.31. The fraction of sp³-hybridized carbons (Fsp3) is 0.220. The number of aromatic nitrogens is 6. The number of nitrogens with zero attached hydrogens (tertiary/aromatic N) is 6. The Hall–Kier alpha value is -5.76. The predicted molar refractivity (Wildman–Crippen MR) is 204 cm³/mol. The van der Waals surface area contributed by atoms with E-state index in [2.05, 4.69) is 96.8 Å². The van der Waals surface area contributed by atoms with Gasteiger partial charge in [0, 0.05) is 35.4 Å². The highest BCUT2D eigenvalue weighted by atomic mass is 15.1. The summed E-state index contributed by atoms with van der Waals surface area (Å²) >= 11 is 0. The lowest BCUT2D eigenvalue weighted by atomic mass is 9.86. The summed E-state index contributed by atoms with van der Waals surface area (Å²) in [4.78, 5) is 19.8. The van der Waals surface area contributed by atoms with Gasteiger partial charge in [-0.3, -0.25) is 0 Å². The normalized spacial score (nSPS) is 13.6. The third-order valence-corrected chi connectivity index (χ3v) is 9.12. The van der Waals surface area contributed by atoms with E-state index in [-0.39, 0.29) is 5.41 Å². The molecule has 2 aromatic carbocycles. The fourth-order valence-corrected chi connectivity index (χ4v) is 6.73. The monoisotopic (exact) mass is 648 g/mol. The molecule has 0 amide bonds. The molecule has 0 bridgehead atoms. The van der Waals surface area contributed by atoms with Gasteiger partial charge in [0.2, 0.25) is 0 Å². The van der Waals surface area contributed by atoms with Crippen molar-refractivity contribution in [1.82, 2.24) is 29.1 Å². The highest BCUT2D eigenvalue weighted by Crippen LogP contribution is 2.32. The van der Waals surface area contributed by atoms with Gasteiger partial charge >= 0.3 is 0 Å². The molecule has 0 spiro atoms. The van der Waals surface area contributed by atoms with Gasteiger partial charge in [0.25, 0.3) is 0 Å². The fourth-order valence-electron chi connectivity index (χ4n) is 6.73. The van der Waals surface area contributed by atoms with Crippen molar-refractivity contribution in [3.8, 4) is 0 Å². The first kappa shape index (κ1) is 33.2. The van der Waals surface area contributed by atoms with Crippen molar-refractivity contribution in [1.29, 1.82) is 0 Å². The van der Waals surface area contributed by atoms with Crippen molar-refractivity contribution in [3.63, 3.8) is 0 Å².